The Bertz CT molecular complexity index is 1950. The van der Waals surface area contributed by atoms with Crippen LogP contribution in [0.1, 0.15) is 65.1 Å². The molecule has 11 nitrogen and oxygen atoms in total. The van der Waals surface area contributed by atoms with Gasteiger partial charge in [-0.25, -0.2) is 19.6 Å². The molecule has 0 aliphatic carbocycles. The Labute approximate surface area is 307 Å². The summed E-state index contributed by atoms with van der Waals surface area (Å²) in [7, 11) is 1.68. The SMILES string of the molecule is Cc1ncsc1-c1ccc(CNC(=O)OC(C)(C)C)c(OCCCCCNc2nc3ccc(-c4cncc(N(C)C(=O)OC(C)C)c4)cc3s2)c1. The zero-order valence-corrected chi connectivity index (χ0v) is 31.9. The number of anilines is 2. The van der Waals surface area contributed by atoms with E-state index in [1.165, 1.54) is 4.90 Å². The molecule has 270 valence electrons. The molecule has 2 amide bonds. The zero-order chi connectivity index (χ0) is 36.5. The van der Waals surface area contributed by atoms with Gasteiger partial charge in [0.2, 0.25) is 0 Å². The molecule has 0 atom stereocenters. The number of carbonyl (C=O) groups excluding carboxylic acids is 2. The van der Waals surface area contributed by atoms with Gasteiger partial charge in [0.05, 0.1) is 50.9 Å². The molecular weight excluding hydrogens is 685 g/mol. The molecule has 0 aliphatic heterocycles. The molecule has 0 saturated carbocycles. The van der Waals surface area contributed by atoms with Crippen LogP contribution in [-0.4, -0.2) is 59.0 Å². The Hall–Kier alpha value is -4.75. The molecule has 0 spiro atoms. The van der Waals surface area contributed by atoms with Crippen molar-refractivity contribution in [3.05, 3.63) is 71.6 Å². The van der Waals surface area contributed by atoms with Gasteiger partial charge in [-0.05, 0) is 96.2 Å². The van der Waals surface area contributed by atoms with Crippen molar-refractivity contribution in [3.8, 4) is 27.3 Å². The number of rotatable bonds is 14. The van der Waals surface area contributed by atoms with Gasteiger partial charge in [0.25, 0.3) is 0 Å². The number of aryl methyl sites for hydroxylation is 1. The van der Waals surface area contributed by atoms with Crippen molar-refractivity contribution in [3.63, 3.8) is 0 Å². The summed E-state index contributed by atoms with van der Waals surface area (Å²) in [5.41, 5.74) is 7.66. The maximum absolute atomic E-state index is 12.4. The van der Waals surface area contributed by atoms with Gasteiger partial charge in [0.15, 0.2) is 5.13 Å². The molecule has 51 heavy (non-hydrogen) atoms. The number of ether oxygens (including phenoxy) is 3. The minimum Gasteiger partial charge on any atom is -0.493 e. The molecule has 5 rings (SSSR count). The van der Waals surface area contributed by atoms with Crippen molar-refractivity contribution in [2.24, 2.45) is 0 Å². The highest BCUT2D eigenvalue weighted by Gasteiger charge is 2.18. The van der Waals surface area contributed by atoms with Crippen molar-refractivity contribution in [2.45, 2.75) is 79.1 Å². The fourth-order valence-electron chi connectivity index (χ4n) is 5.15. The third kappa shape index (κ3) is 10.6. The molecule has 13 heteroatoms. The highest BCUT2D eigenvalue weighted by atomic mass is 32.1. The van der Waals surface area contributed by atoms with E-state index in [1.807, 2.05) is 83.5 Å². The fraction of sp³-hybridized carbons (Fsp3) is 0.395. The zero-order valence-electron chi connectivity index (χ0n) is 30.2. The van der Waals surface area contributed by atoms with E-state index < -0.39 is 17.8 Å². The largest absolute Gasteiger partial charge is 0.493 e. The Morgan fingerprint density at radius 1 is 0.980 bits per heavy atom. The van der Waals surface area contributed by atoms with Gasteiger partial charge >= 0.3 is 12.2 Å². The van der Waals surface area contributed by atoms with Crippen molar-refractivity contribution in [1.82, 2.24) is 20.3 Å². The molecule has 0 fully saturated rings. The maximum Gasteiger partial charge on any atom is 0.414 e. The molecule has 0 radical (unpaired) electrons. The number of pyridine rings is 1. The van der Waals surface area contributed by atoms with Crippen molar-refractivity contribution in [1.29, 1.82) is 0 Å². The summed E-state index contributed by atoms with van der Waals surface area (Å²) in [6, 6.07) is 14.1. The topological polar surface area (TPSA) is 128 Å². The lowest BCUT2D eigenvalue weighted by atomic mass is 10.1. The number of thiazole rings is 2. The number of aromatic nitrogens is 3. The number of hydrogen-bond acceptors (Lipinski definition) is 11. The van der Waals surface area contributed by atoms with Crippen LogP contribution >= 0.6 is 22.7 Å². The smallest absolute Gasteiger partial charge is 0.414 e. The highest BCUT2D eigenvalue weighted by molar-refractivity contribution is 7.22. The van der Waals surface area contributed by atoms with Gasteiger partial charge in [-0.3, -0.25) is 9.88 Å². The number of amides is 2. The fourth-order valence-corrected chi connectivity index (χ4v) is 6.89. The Balaban J connectivity index is 1.12. The van der Waals surface area contributed by atoms with Crippen LogP contribution in [0, 0.1) is 6.92 Å². The summed E-state index contributed by atoms with van der Waals surface area (Å²) in [5.74, 6) is 0.742. The number of fused-ring (bicyclic) bond motifs is 1. The van der Waals surface area contributed by atoms with Gasteiger partial charge in [-0.2, -0.15) is 0 Å². The molecule has 2 aromatic carbocycles. The van der Waals surface area contributed by atoms with E-state index in [2.05, 4.69) is 26.7 Å². The summed E-state index contributed by atoms with van der Waals surface area (Å²) >= 11 is 3.21. The van der Waals surface area contributed by atoms with Crippen LogP contribution in [0.3, 0.4) is 0 Å². The predicted molar refractivity (Wildman–Crippen MR) is 206 cm³/mol. The van der Waals surface area contributed by atoms with Crippen LogP contribution in [-0.2, 0) is 16.0 Å². The van der Waals surface area contributed by atoms with Crippen LogP contribution in [0.2, 0.25) is 0 Å². The van der Waals surface area contributed by atoms with E-state index in [0.717, 1.165) is 79.7 Å². The van der Waals surface area contributed by atoms with E-state index >= 15 is 0 Å². The second kappa shape index (κ2) is 17.0. The van der Waals surface area contributed by atoms with Crippen molar-refractivity contribution >= 4 is 55.9 Å². The molecule has 2 N–H and O–H groups in total. The second-order valence-electron chi connectivity index (χ2n) is 13.4. The predicted octanol–water partition coefficient (Wildman–Crippen LogP) is 9.46. The third-order valence-corrected chi connectivity index (χ3v) is 9.65. The molecule has 0 aliphatic rings. The molecule has 3 heterocycles. The van der Waals surface area contributed by atoms with Crippen LogP contribution in [0.25, 0.3) is 31.8 Å². The van der Waals surface area contributed by atoms with Gasteiger partial charge < -0.3 is 24.8 Å². The third-order valence-electron chi connectivity index (χ3n) is 7.70. The summed E-state index contributed by atoms with van der Waals surface area (Å²) < 4.78 is 18.1. The van der Waals surface area contributed by atoms with E-state index in [9.17, 15) is 9.59 Å². The van der Waals surface area contributed by atoms with Crippen molar-refractivity contribution < 1.29 is 23.8 Å². The number of alkyl carbamates (subject to hydrolysis) is 1. The minimum absolute atomic E-state index is 0.203. The molecule has 0 unspecified atom stereocenters. The lowest BCUT2D eigenvalue weighted by Gasteiger charge is -2.20. The first-order valence-corrected chi connectivity index (χ1v) is 18.7. The molecule has 3 aromatic heterocycles. The first-order chi connectivity index (χ1) is 24.4. The van der Waals surface area contributed by atoms with Crippen LogP contribution in [0.5, 0.6) is 5.75 Å². The standard InChI is InChI=1S/C38H46N6O5S2/c1-24(2)48-37(46)44(7)30-17-29(20-39-22-30)26-13-14-31-33(19-26)51-35(43-31)40-15-9-8-10-16-47-32-18-27(34-25(3)42-23-50-34)11-12-28(32)21-41-36(45)49-38(4,5)6/h11-14,17-20,22-24H,8-10,15-16,21H2,1-7H3,(H,40,43)(H,41,45). The molecular formula is C38H46N6O5S2. The molecule has 0 bridgehead atoms. The molecule has 5 aromatic rings. The van der Waals surface area contributed by atoms with E-state index in [1.54, 1.807) is 42.1 Å². The number of unbranched alkanes of at least 4 members (excludes halogenated alkanes) is 2. The van der Waals surface area contributed by atoms with Crippen LogP contribution < -0.4 is 20.3 Å². The average molecular weight is 731 g/mol. The Kier molecular flexibility index (Phi) is 12.5. The normalized spacial score (nSPS) is 11.5. The van der Waals surface area contributed by atoms with Gasteiger partial charge in [0, 0.05) is 37.5 Å². The first kappa shape index (κ1) is 37.5. The lowest BCUT2D eigenvalue weighted by Crippen LogP contribution is -2.32. The summed E-state index contributed by atoms with van der Waals surface area (Å²) in [5, 5.41) is 7.20. The Morgan fingerprint density at radius 2 is 1.78 bits per heavy atom. The number of benzene rings is 2. The number of nitrogens with zero attached hydrogens (tertiary/aromatic N) is 4. The van der Waals surface area contributed by atoms with Gasteiger partial charge in [0.1, 0.15) is 11.4 Å². The lowest BCUT2D eigenvalue weighted by molar-refractivity contribution is 0.0523. The van der Waals surface area contributed by atoms with Crippen LogP contribution in [0.15, 0.2) is 60.4 Å². The van der Waals surface area contributed by atoms with Gasteiger partial charge in [-0.1, -0.05) is 29.5 Å². The number of nitrogens with one attached hydrogen (secondary N) is 2. The summed E-state index contributed by atoms with van der Waals surface area (Å²) in [4.78, 5) is 40.8. The van der Waals surface area contributed by atoms with E-state index in [4.69, 9.17) is 19.2 Å². The monoisotopic (exact) mass is 730 g/mol. The second-order valence-corrected chi connectivity index (χ2v) is 15.3. The van der Waals surface area contributed by atoms with Gasteiger partial charge in [-0.15, -0.1) is 11.3 Å². The van der Waals surface area contributed by atoms with E-state index in [0.29, 0.717) is 18.8 Å². The van der Waals surface area contributed by atoms with Crippen molar-refractivity contribution in [2.75, 3.05) is 30.4 Å². The quantitative estimate of drug-likeness (QED) is 0.107. The Morgan fingerprint density at radius 3 is 2.53 bits per heavy atom. The first-order valence-electron chi connectivity index (χ1n) is 17.0. The number of hydrogen-bond donors (Lipinski definition) is 2. The van der Waals surface area contributed by atoms with E-state index in [-0.39, 0.29) is 6.10 Å². The summed E-state index contributed by atoms with van der Waals surface area (Å²) in [6.07, 6.45) is 5.17. The molecule has 0 saturated heterocycles. The maximum atomic E-state index is 12.4. The van der Waals surface area contributed by atoms with Crippen LogP contribution in [0.4, 0.5) is 20.4 Å². The number of carbonyl (C=O) groups is 2. The highest BCUT2D eigenvalue weighted by Crippen LogP contribution is 2.33. The average Bonchev–Trinajstić information content (AvgIpc) is 3.70. The minimum atomic E-state index is -0.571. The summed E-state index contributed by atoms with van der Waals surface area (Å²) in [6.45, 7) is 12.8.